The van der Waals surface area contributed by atoms with Crippen LogP contribution in [0.4, 0.5) is 0 Å². The van der Waals surface area contributed by atoms with Crippen LogP contribution < -0.4 is 0 Å². The highest BCUT2D eigenvalue weighted by molar-refractivity contribution is 8.39. The number of benzene rings is 6. The molecule has 0 N–H and O–H groups in total. The van der Waals surface area contributed by atoms with Crippen molar-refractivity contribution < 1.29 is 0 Å². The summed E-state index contributed by atoms with van der Waals surface area (Å²) in [5, 5.41) is 2.62. The van der Waals surface area contributed by atoms with Gasteiger partial charge < -0.3 is 0 Å². The Labute approximate surface area is 442 Å². The van der Waals surface area contributed by atoms with Crippen molar-refractivity contribution in [2.24, 2.45) is 5.92 Å². The van der Waals surface area contributed by atoms with Crippen LogP contribution in [0.1, 0.15) is 108 Å². The van der Waals surface area contributed by atoms with Crippen molar-refractivity contribution in [3.8, 4) is 23.5 Å². The summed E-state index contributed by atoms with van der Waals surface area (Å²) >= 11 is 0. The van der Waals surface area contributed by atoms with Crippen molar-refractivity contribution in [3.63, 3.8) is 0 Å². The molecule has 6 aromatic carbocycles. The van der Waals surface area contributed by atoms with Gasteiger partial charge in [0.2, 0.25) is 0 Å². The molecule has 372 valence electrons. The highest BCUT2D eigenvalue weighted by Gasteiger charge is 2.49. The fourth-order valence-corrected chi connectivity index (χ4v) is 12.5. The van der Waals surface area contributed by atoms with Crippen molar-refractivity contribution in [2.45, 2.75) is 93.4 Å². The summed E-state index contributed by atoms with van der Waals surface area (Å²) in [6.45, 7) is 18.7. The van der Waals surface area contributed by atoms with Gasteiger partial charge in [-0.25, -0.2) is 0 Å². The Bertz CT molecular complexity index is 3200. The maximum absolute atomic E-state index is 5.32. The van der Waals surface area contributed by atoms with Crippen LogP contribution in [0.25, 0.3) is 27.5 Å². The molecule has 0 fully saturated rings. The molecule has 2 bridgehead atoms. The first-order valence-electron chi connectivity index (χ1n) is 26.6. The Morgan fingerprint density at radius 1 is 0.712 bits per heavy atom. The lowest BCUT2D eigenvalue weighted by Gasteiger charge is -2.40. The molecule has 4 aliphatic rings. The van der Waals surface area contributed by atoms with E-state index in [9.17, 15) is 0 Å². The van der Waals surface area contributed by atoms with E-state index in [-0.39, 0.29) is 5.41 Å². The van der Waals surface area contributed by atoms with E-state index in [2.05, 4.69) is 265 Å². The normalized spacial score (nSPS) is 17.7. The topological polar surface area (TPSA) is 0 Å². The molecule has 0 spiro atoms. The molecule has 0 amide bonds. The summed E-state index contributed by atoms with van der Waals surface area (Å²) in [5.41, 5.74) is 20.7. The Morgan fingerprint density at radius 2 is 1.37 bits per heavy atom. The van der Waals surface area contributed by atoms with Gasteiger partial charge in [0.05, 0.1) is 5.41 Å². The zero-order valence-electron chi connectivity index (χ0n) is 45.6. The summed E-state index contributed by atoms with van der Waals surface area (Å²) in [5.74, 6) is 2.96. The average Bonchev–Trinajstić information content (AvgIpc) is 3.56. The van der Waals surface area contributed by atoms with Gasteiger partial charge in [0, 0.05) is 10.5 Å². The maximum atomic E-state index is 5.32. The van der Waals surface area contributed by atoms with Crippen LogP contribution in [-0.4, -0.2) is 12.5 Å². The van der Waals surface area contributed by atoms with Gasteiger partial charge in [0.15, 0.2) is 0 Å². The second-order valence-electron chi connectivity index (χ2n) is 18.7. The number of terminal acetylenes is 1. The van der Waals surface area contributed by atoms with E-state index < -0.39 is 10.0 Å². The van der Waals surface area contributed by atoms with Crippen LogP contribution in [-0.2, 0) is 5.41 Å². The van der Waals surface area contributed by atoms with E-state index >= 15 is 0 Å². The van der Waals surface area contributed by atoms with E-state index in [4.69, 9.17) is 6.42 Å². The Morgan fingerprint density at radius 3 is 2.10 bits per heavy atom. The van der Waals surface area contributed by atoms with E-state index in [1.54, 1.807) is 4.91 Å². The minimum atomic E-state index is -1.12. The fraction of sp³-hybridized carbons (Fsp3) is 0.236. The zero-order valence-corrected chi connectivity index (χ0v) is 46.4. The molecule has 1 aliphatic heterocycles. The van der Waals surface area contributed by atoms with E-state index in [1.165, 1.54) is 88.1 Å². The molecule has 1 heteroatoms. The number of allylic oxidation sites excluding steroid dienone is 16. The third kappa shape index (κ3) is 12.2. The monoisotopic (exact) mass is 975 g/mol. The van der Waals surface area contributed by atoms with Crippen molar-refractivity contribution in [1.29, 1.82) is 0 Å². The van der Waals surface area contributed by atoms with Crippen molar-refractivity contribution in [3.05, 3.63) is 284 Å². The highest BCUT2D eigenvalue weighted by Crippen LogP contribution is 2.66. The molecule has 0 saturated heterocycles. The first-order valence-corrected chi connectivity index (χ1v) is 29.1. The lowest BCUT2D eigenvalue weighted by atomic mass is 9.67. The molecule has 2 unspecified atom stereocenters. The lowest BCUT2D eigenvalue weighted by Crippen LogP contribution is -2.29. The van der Waals surface area contributed by atoms with Crippen LogP contribution in [0.2, 0.25) is 0 Å². The molecule has 1 heterocycles. The molecule has 73 heavy (non-hydrogen) atoms. The molecule has 0 nitrogen and oxygen atoms in total. The van der Waals surface area contributed by atoms with Crippen molar-refractivity contribution >= 4 is 26.4 Å². The molecule has 0 radical (unpaired) electrons. The second-order valence-corrected chi connectivity index (χ2v) is 22.3. The number of aryl methyl sites for hydroxylation is 2. The molecule has 6 aromatic rings. The predicted molar refractivity (Wildman–Crippen MR) is 326 cm³/mol. The van der Waals surface area contributed by atoms with E-state index in [1.807, 2.05) is 33.8 Å². The first-order chi connectivity index (χ1) is 35.6. The van der Waals surface area contributed by atoms with Gasteiger partial charge in [-0.2, -0.15) is 10.0 Å². The second kappa shape index (κ2) is 26.6. The Balaban J connectivity index is 0.000000197. The SMILES string of the molecule is C#C/C=C(\C=C/CC)C(C)/C=C\C=C/CC.CC.CC.Cc1ccc(-c2cccc3ccccc23)cc1.Cc1cccc(C2(c3ccccc3)C3=CC4=C=C(C=C3c3ccccc32)C2=C(CCC=C2)S4(C)C)c1. The Hall–Kier alpha value is -7.07. The van der Waals surface area contributed by atoms with Gasteiger partial charge >= 0.3 is 0 Å². The molecular weight excluding hydrogens is 897 g/mol. The van der Waals surface area contributed by atoms with Gasteiger partial charge in [-0.05, 0) is 148 Å². The van der Waals surface area contributed by atoms with Gasteiger partial charge in [0.25, 0.3) is 0 Å². The molecule has 10 rings (SSSR count). The smallest absolute Gasteiger partial charge is 0.0714 e. The standard InChI is InChI=1S/C35H30S.C17H14.C16H22.2C2H6/c1-24-12-11-15-27(20-24)35(26-13-5-4-6-14-26)32-18-9-7-17-30(32)31-22-25-21-28(23-33(31)35)36(2,3)34-19-10-8-16-29(25)34;1-13-9-11-15(12-10-13)17-8-4-6-14-5-2-3-7-16(14)17;1-5-8-10-11-13-15(4)16(12-7-3)14-9-6-2;2*1-2/h4-9,11-18,20,22-23H,10,19H2,1-3H3;2-12H,1H3;3,8-15H,5-6H2,1-2,4H3;2*1-2H3/b;;10-8-,13-11-,14-9-,16-12+;;. The third-order valence-electron chi connectivity index (χ3n) is 13.7. The van der Waals surface area contributed by atoms with Gasteiger partial charge in [-0.3, -0.25) is 0 Å². The zero-order chi connectivity index (χ0) is 52.4. The van der Waals surface area contributed by atoms with E-state index in [0.717, 1.165) is 25.7 Å². The van der Waals surface area contributed by atoms with Crippen LogP contribution in [0.5, 0.6) is 0 Å². The average molecular weight is 975 g/mol. The molecule has 3 aliphatic carbocycles. The summed E-state index contributed by atoms with van der Waals surface area (Å²) in [6.07, 6.45) is 38.9. The van der Waals surface area contributed by atoms with Gasteiger partial charge in [-0.15, -0.1) is 6.42 Å². The molecular formula is C72H78S. The van der Waals surface area contributed by atoms with Crippen LogP contribution in [0.3, 0.4) is 0 Å². The quantitative estimate of drug-likeness (QED) is 0.0769. The number of hydrogen-bond acceptors (Lipinski definition) is 0. The minimum Gasteiger partial charge on any atom is -0.190 e. The van der Waals surface area contributed by atoms with Crippen LogP contribution >= 0.6 is 10.0 Å². The summed E-state index contributed by atoms with van der Waals surface area (Å²) < 4.78 is 0. The largest absolute Gasteiger partial charge is 0.190 e. The van der Waals surface area contributed by atoms with Crippen molar-refractivity contribution in [1.82, 2.24) is 0 Å². The van der Waals surface area contributed by atoms with E-state index in [0.29, 0.717) is 5.92 Å². The van der Waals surface area contributed by atoms with Gasteiger partial charge in [0.1, 0.15) is 0 Å². The third-order valence-corrected chi connectivity index (χ3v) is 16.7. The lowest BCUT2D eigenvalue weighted by molar-refractivity contribution is 0.768. The summed E-state index contributed by atoms with van der Waals surface area (Å²) in [7, 11) is -1.12. The molecule has 2 atom stereocenters. The van der Waals surface area contributed by atoms with Crippen LogP contribution in [0, 0.1) is 32.1 Å². The van der Waals surface area contributed by atoms with Crippen molar-refractivity contribution in [2.75, 3.05) is 12.5 Å². The number of rotatable bonds is 9. The summed E-state index contributed by atoms with van der Waals surface area (Å²) in [6, 6.07) is 53.0. The minimum absolute atomic E-state index is 0.361. The molecule has 0 saturated carbocycles. The predicted octanol–water partition coefficient (Wildman–Crippen LogP) is 20.3. The first kappa shape index (κ1) is 55.2. The highest BCUT2D eigenvalue weighted by atomic mass is 32.3. The number of fused-ring (bicyclic) bond motifs is 5. The van der Waals surface area contributed by atoms with Gasteiger partial charge in [-0.1, -0.05) is 265 Å². The fourth-order valence-electron chi connectivity index (χ4n) is 10.1. The number of hydrogen-bond donors (Lipinski definition) is 0. The van der Waals surface area contributed by atoms with Crippen LogP contribution in [0.15, 0.2) is 250 Å². The maximum Gasteiger partial charge on any atom is 0.0714 e. The molecule has 0 aromatic heterocycles. The summed E-state index contributed by atoms with van der Waals surface area (Å²) in [4.78, 5) is 3.02. The Kier molecular flexibility index (Phi) is 20.1.